The van der Waals surface area contributed by atoms with Crippen LogP contribution in [0, 0.1) is 11.8 Å². The van der Waals surface area contributed by atoms with Crippen LogP contribution in [0.4, 0.5) is 0 Å². The lowest BCUT2D eigenvalue weighted by molar-refractivity contribution is 0.0724. The number of nitrogens with zero attached hydrogens (tertiary/aromatic N) is 1. The molecular weight excluding hydrogens is 208 g/mol. The van der Waals surface area contributed by atoms with Crippen LogP contribution in [0.25, 0.3) is 0 Å². The topological polar surface area (TPSA) is 29.3 Å². The largest absolute Gasteiger partial charge is 0.326 e. The third kappa shape index (κ3) is 3.45. The van der Waals surface area contributed by atoms with Crippen LogP contribution >= 0.6 is 0 Å². The number of rotatable bonds is 1. The smallest absolute Gasteiger partial charge is 0.0247 e. The number of piperidine rings is 1. The Labute approximate surface area is 107 Å². The fourth-order valence-electron chi connectivity index (χ4n) is 3.54. The lowest BCUT2D eigenvalue weighted by atomic mass is 9.85. The summed E-state index contributed by atoms with van der Waals surface area (Å²) in [5.41, 5.74) is 6.42. The van der Waals surface area contributed by atoms with Crippen LogP contribution in [0.1, 0.15) is 58.8 Å². The molecule has 100 valence electrons. The summed E-state index contributed by atoms with van der Waals surface area (Å²) in [6.07, 6.45) is 9.49. The molecule has 0 bridgehead atoms. The Balaban J connectivity index is 1.93. The molecule has 0 aromatic rings. The number of hydrogen-bond donors (Lipinski definition) is 1. The van der Waals surface area contributed by atoms with Gasteiger partial charge in [-0.1, -0.05) is 39.5 Å². The van der Waals surface area contributed by atoms with E-state index in [4.69, 9.17) is 5.73 Å². The maximum absolute atomic E-state index is 6.42. The van der Waals surface area contributed by atoms with Gasteiger partial charge in [0, 0.05) is 18.6 Å². The number of hydrogen-bond acceptors (Lipinski definition) is 2. The zero-order valence-electron chi connectivity index (χ0n) is 11.7. The average molecular weight is 238 g/mol. The number of likely N-dealkylation sites (tertiary alicyclic amines) is 1. The van der Waals surface area contributed by atoms with Crippen molar-refractivity contribution in [3.05, 3.63) is 0 Å². The van der Waals surface area contributed by atoms with Crippen molar-refractivity contribution in [2.24, 2.45) is 17.6 Å². The third-order valence-electron chi connectivity index (χ3n) is 5.12. The Hall–Kier alpha value is -0.0800. The van der Waals surface area contributed by atoms with Gasteiger partial charge in [-0.15, -0.1) is 0 Å². The van der Waals surface area contributed by atoms with Gasteiger partial charge in [-0.2, -0.15) is 0 Å². The molecule has 0 amide bonds. The summed E-state index contributed by atoms with van der Waals surface area (Å²) in [7, 11) is 0. The molecule has 1 saturated carbocycles. The van der Waals surface area contributed by atoms with Gasteiger partial charge in [-0.25, -0.2) is 0 Å². The standard InChI is InChI=1S/C15H30N2/c1-12-9-10-17(11-13(12)2)15-8-6-4-3-5-7-14(15)16/h12-15H,3-11,16H2,1-2H3. The first-order valence-electron chi connectivity index (χ1n) is 7.68. The average Bonchev–Trinajstić information content (AvgIpc) is 2.28. The second kappa shape index (κ2) is 6.19. The van der Waals surface area contributed by atoms with Crippen molar-refractivity contribution < 1.29 is 0 Å². The van der Waals surface area contributed by atoms with Gasteiger partial charge in [0.2, 0.25) is 0 Å². The molecule has 2 N–H and O–H groups in total. The van der Waals surface area contributed by atoms with Gasteiger partial charge >= 0.3 is 0 Å². The van der Waals surface area contributed by atoms with Gasteiger partial charge in [0.05, 0.1) is 0 Å². The zero-order chi connectivity index (χ0) is 12.3. The summed E-state index contributed by atoms with van der Waals surface area (Å²) in [6.45, 7) is 7.37. The fourth-order valence-corrected chi connectivity index (χ4v) is 3.54. The van der Waals surface area contributed by atoms with E-state index in [1.165, 1.54) is 58.0 Å². The second-order valence-corrected chi connectivity index (χ2v) is 6.46. The molecule has 1 heterocycles. The van der Waals surface area contributed by atoms with Crippen LogP contribution in [-0.4, -0.2) is 30.1 Å². The minimum absolute atomic E-state index is 0.427. The van der Waals surface area contributed by atoms with E-state index in [1.807, 2.05) is 0 Å². The third-order valence-corrected chi connectivity index (χ3v) is 5.12. The first kappa shape index (κ1) is 13.4. The van der Waals surface area contributed by atoms with Crippen LogP contribution in [0.3, 0.4) is 0 Å². The van der Waals surface area contributed by atoms with E-state index in [1.54, 1.807) is 0 Å². The molecule has 0 radical (unpaired) electrons. The Kier molecular flexibility index (Phi) is 4.87. The molecule has 2 aliphatic rings. The summed E-state index contributed by atoms with van der Waals surface area (Å²) < 4.78 is 0. The van der Waals surface area contributed by atoms with Gasteiger partial charge < -0.3 is 5.73 Å². The Bertz CT molecular complexity index is 229. The van der Waals surface area contributed by atoms with Crippen LogP contribution in [0.2, 0.25) is 0 Å². The molecular formula is C15H30N2. The quantitative estimate of drug-likeness (QED) is 0.761. The molecule has 1 aliphatic carbocycles. The SMILES string of the molecule is CC1CCN(C2CCCCCCC2N)CC1C. The highest BCUT2D eigenvalue weighted by Crippen LogP contribution is 2.28. The van der Waals surface area contributed by atoms with Gasteiger partial charge in [0.1, 0.15) is 0 Å². The molecule has 0 aromatic heterocycles. The van der Waals surface area contributed by atoms with Crippen molar-refractivity contribution in [2.75, 3.05) is 13.1 Å². The normalized spacial score (nSPS) is 41.8. The zero-order valence-corrected chi connectivity index (χ0v) is 11.7. The Morgan fingerprint density at radius 1 is 0.882 bits per heavy atom. The predicted molar refractivity (Wildman–Crippen MR) is 74.0 cm³/mol. The van der Waals surface area contributed by atoms with E-state index in [9.17, 15) is 0 Å². The predicted octanol–water partition coefficient (Wildman–Crippen LogP) is 3.01. The van der Waals surface area contributed by atoms with Gasteiger partial charge in [-0.3, -0.25) is 4.90 Å². The molecule has 2 heteroatoms. The van der Waals surface area contributed by atoms with E-state index in [-0.39, 0.29) is 0 Å². The van der Waals surface area contributed by atoms with Crippen molar-refractivity contribution in [3.63, 3.8) is 0 Å². The molecule has 0 spiro atoms. The minimum atomic E-state index is 0.427. The maximum Gasteiger partial charge on any atom is 0.0247 e. The summed E-state index contributed by atoms with van der Waals surface area (Å²) in [6, 6.07) is 1.10. The van der Waals surface area contributed by atoms with E-state index in [2.05, 4.69) is 18.7 Å². The number of nitrogens with two attached hydrogens (primary N) is 1. The van der Waals surface area contributed by atoms with E-state index >= 15 is 0 Å². The molecule has 2 nitrogen and oxygen atoms in total. The van der Waals surface area contributed by atoms with Crippen LogP contribution in [0.5, 0.6) is 0 Å². The van der Waals surface area contributed by atoms with E-state index < -0.39 is 0 Å². The van der Waals surface area contributed by atoms with Crippen molar-refractivity contribution in [3.8, 4) is 0 Å². The molecule has 4 unspecified atom stereocenters. The van der Waals surface area contributed by atoms with Crippen molar-refractivity contribution in [1.82, 2.24) is 4.90 Å². The van der Waals surface area contributed by atoms with Crippen molar-refractivity contribution in [1.29, 1.82) is 0 Å². The minimum Gasteiger partial charge on any atom is -0.326 e. The molecule has 17 heavy (non-hydrogen) atoms. The molecule has 1 aliphatic heterocycles. The molecule has 0 aromatic carbocycles. The van der Waals surface area contributed by atoms with Gasteiger partial charge in [0.15, 0.2) is 0 Å². The Morgan fingerprint density at radius 2 is 1.59 bits per heavy atom. The molecule has 1 saturated heterocycles. The van der Waals surface area contributed by atoms with E-state index in [0.29, 0.717) is 12.1 Å². The first-order chi connectivity index (χ1) is 8.18. The lowest BCUT2D eigenvalue weighted by Gasteiger charge is -2.43. The fraction of sp³-hybridized carbons (Fsp3) is 1.00. The summed E-state index contributed by atoms with van der Waals surface area (Å²) in [4.78, 5) is 2.71. The Morgan fingerprint density at radius 3 is 2.29 bits per heavy atom. The van der Waals surface area contributed by atoms with Crippen molar-refractivity contribution >= 4 is 0 Å². The van der Waals surface area contributed by atoms with Crippen LogP contribution < -0.4 is 5.73 Å². The summed E-state index contributed by atoms with van der Waals surface area (Å²) >= 11 is 0. The molecule has 2 rings (SSSR count). The van der Waals surface area contributed by atoms with Gasteiger partial charge in [0.25, 0.3) is 0 Å². The highest BCUT2D eigenvalue weighted by molar-refractivity contribution is 4.87. The van der Waals surface area contributed by atoms with Gasteiger partial charge in [-0.05, 0) is 37.6 Å². The highest BCUT2D eigenvalue weighted by Gasteiger charge is 2.30. The van der Waals surface area contributed by atoms with Crippen molar-refractivity contribution in [2.45, 2.75) is 70.9 Å². The monoisotopic (exact) mass is 238 g/mol. The maximum atomic E-state index is 6.42. The summed E-state index contributed by atoms with van der Waals surface area (Å²) in [5.74, 6) is 1.75. The summed E-state index contributed by atoms with van der Waals surface area (Å²) in [5, 5.41) is 0. The molecule has 2 fully saturated rings. The van der Waals surface area contributed by atoms with Crippen LogP contribution in [-0.2, 0) is 0 Å². The van der Waals surface area contributed by atoms with Crippen LogP contribution in [0.15, 0.2) is 0 Å². The molecule has 4 atom stereocenters. The first-order valence-corrected chi connectivity index (χ1v) is 7.68. The lowest BCUT2D eigenvalue weighted by Crippen LogP contribution is -2.52. The highest BCUT2D eigenvalue weighted by atomic mass is 15.2. The van der Waals surface area contributed by atoms with E-state index in [0.717, 1.165) is 11.8 Å². The second-order valence-electron chi connectivity index (χ2n) is 6.46.